The maximum absolute atomic E-state index is 12.1. The number of urea groups is 1. The van der Waals surface area contributed by atoms with Gasteiger partial charge in [0.2, 0.25) is 0 Å². The molecule has 2 rings (SSSR count). The van der Waals surface area contributed by atoms with Crippen LogP contribution in [-0.2, 0) is 11.2 Å². The maximum atomic E-state index is 12.1. The van der Waals surface area contributed by atoms with Gasteiger partial charge >= 0.3 is 12.1 Å². The van der Waals surface area contributed by atoms with E-state index in [4.69, 9.17) is 4.74 Å². The fraction of sp³-hybridized carbons (Fsp3) is 0.500. The number of carbonyl (C=O) groups is 2. The van der Waals surface area contributed by atoms with Crippen LogP contribution in [0.3, 0.4) is 0 Å². The molecule has 1 aromatic carbocycles. The first-order valence-corrected chi connectivity index (χ1v) is 7.62. The first-order chi connectivity index (χ1) is 11.1. The van der Waals surface area contributed by atoms with Gasteiger partial charge < -0.3 is 24.6 Å². The summed E-state index contributed by atoms with van der Waals surface area (Å²) in [7, 11) is 2.99. The number of nitrogens with zero attached hydrogens (tertiary/aromatic N) is 2. The average Bonchev–Trinajstić information content (AvgIpc) is 2.61. The molecule has 0 saturated carbocycles. The Morgan fingerprint density at radius 3 is 2.48 bits per heavy atom. The second-order valence-corrected chi connectivity index (χ2v) is 5.28. The minimum atomic E-state index is -0.344. The summed E-state index contributed by atoms with van der Waals surface area (Å²) in [6.45, 7) is 2.58. The monoisotopic (exact) mass is 321 g/mol. The molecule has 1 aromatic rings. The van der Waals surface area contributed by atoms with Gasteiger partial charge in [0.05, 0.1) is 14.2 Å². The first kappa shape index (κ1) is 16.9. The number of hydrogen-bond acceptors (Lipinski definition) is 4. The Morgan fingerprint density at radius 1 is 1.13 bits per heavy atom. The SMILES string of the molecule is COC(=O)N1CCN(C(=O)NCCc2cccc(OC)c2)CC1. The molecule has 1 heterocycles. The van der Waals surface area contributed by atoms with E-state index < -0.39 is 0 Å². The summed E-state index contributed by atoms with van der Waals surface area (Å²) in [6.07, 6.45) is 0.397. The molecule has 23 heavy (non-hydrogen) atoms. The van der Waals surface area contributed by atoms with Crippen molar-refractivity contribution in [3.63, 3.8) is 0 Å². The number of hydrogen-bond donors (Lipinski definition) is 1. The van der Waals surface area contributed by atoms with E-state index in [9.17, 15) is 9.59 Å². The number of methoxy groups -OCH3 is 2. The highest BCUT2D eigenvalue weighted by Crippen LogP contribution is 2.12. The number of nitrogens with one attached hydrogen (secondary N) is 1. The molecular formula is C16H23N3O4. The molecule has 1 saturated heterocycles. The van der Waals surface area contributed by atoms with Gasteiger partial charge in [-0.3, -0.25) is 0 Å². The lowest BCUT2D eigenvalue weighted by molar-refractivity contribution is 0.0971. The van der Waals surface area contributed by atoms with Crippen molar-refractivity contribution in [2.75, 3.05) is 46.9 Å². The Labute approximate surface area is 136 Å². The average molecular weight is 321 g/mol. The van der Waals surface area contributed by atoms with Gasteiger partial charge in [-0.2, -0.15) is 0 Å². The molecule has 1 aliphatic rings. The first-order valence-electron chi connectivity index (χ1n) is 7.62. The summed E-state index contributed by atoms with van der Waals surface area (Å²) >= 11 is 0. The summed E-state index contributed by atoms with van der Waals surface area (Å²) < 4.78 is 9.85. The zero-order chi connectivity index (χ0) is 16.7. The van der Waals surface area contributed by atoms with E-state index in [1.165, 1.54) is 7.11 Å². The third-order valence-corrected chi connectivity index (χ3v) is 3.82. The molecule has 1 N–H and O–H groups in total. The summed E-state index contributed by atoms with van der Waals surface area (Å²) in [5, 5.41) is 2.91. The zero-order valence-corrected chi connectivity index (χ0v) is 13.6. The highest BCUT2D eigenvalue weighted by atomic mass is 16.5. The lowest BCUT2D eigenvalue weighted by atomic mass is 10.1. The van der Waals surface area contributed by atoms with Crippen LogP contribution in [0.1, 0.15) is 5.56 Å². The standard InChI is InChI=1S/C16H23N3O4/c1-22-14-5-3-4-13(12-14)6-7-17-15(20)18-8-10-19(11-9-18)16(21)23-2/h3-5,12H,6-11H2,1-2H3,(H,17,20). The molecule has 0 bridgehead atoms. The second kappa shape index (κ2) is 8.26. The van der Waals surface area contributed by atoms with Gasteiger partial charge in [-0.15, -0.1) is 0 Å². The van der Waals surface area contributed by atoms with E-state index in [1.807, 2.05) is 24.3 Å². The third-order valence-electron chi connectivity index (χ3n) is 3.82. The van der Waals surface area contributed by atoms with Gasteiger partial charge in [-0.25, -0.2) is 9.59 Å². The van der Waals surface area contributed by atoms with Crippen molar-refractivity contribution in [3.05, 3.63) is 29.8 Å². The molecule has 7 heteroatoms. The van der Waals surface area contributed by atoms with E-state index in [1.54, 1.807) is 16.9 Å². The molecule has 0 aromatic heterocycles. The van der Waals surface area contributed by atoms with Crippen LogP contribution in [0.4, 0.5) is 9.59 Å². The Balaban J connectivity index is 1.72. The van der Waals surface area contributed by atoms with Gasteiger partial charge in [0, 0.05) is 32.7 Å². The van der Waals surface area contributed by atoms with Gasteiger partial charge in [-0.1, -0.05) is 12.1 Å². The van der Waals surface area contributed by atoms with Gasteiger partial charge in [0.15, 0.2) is 0 Å². The van der Waals surface area contributed by atoms with Crippen molar-refractivity contribution in [1.82, 2.24) is 15.1 Å². The van der Waals surface area contributed by atoms with E-state index in [2.05, 4.69) is 10.1 Å². The van der Waals surface area contributed by atoms with E-state index in [0.29, 0.717) is 32.7 Å². The van der Waals surface area contributed by atoms with Crippen LogP contribution < -0.4 is 10.1 Å². The smallest absolute Gasteiger partial charge is 0.409 e. The van der Waals surface area contributed by atoms with Crippen molar-refractivity contribution in [3.8, 4) is 5.75 Å². The molecule has 126 valence electrons. The summed E-state index contributed by atoms with van der Waals surface area (Å²) in [5.41, 5.74) is 1.11. The van der Waals surface area contributed by atoms with Crippen molar-refractivity contribution in [1.29, 1.82) is 0 Å². The highest BCUT2D eigenvalue weighted by molar-refractivity contribution is 5.75. The van der Waals surface area contributed by atoms with Crippen molar-refractivity contribution in [2.45, 2.75) is 6.42 Å². The Bertz CT molecular complexity index is 542. The van der Waals surface area contributed by atoms with Crippen LogP contribution in [0.15, 0.2) is 24.3 Å². The molecule has 7 nitrogen and oxygen atoms in total. The van der Waals surface area contributed by atoms with Crippen molar-refractivity contribution >= 4 is 12.1 Å². The molecular weight excluding hydrogens is 298 g/mol. The largest absolute Gasteiger partial charge is 0.497 e. The van der Waals surface area contributed by atoms with E-state index in [-0.39, 0.29) is 12.1 Å². The van der Waals surface area contributed by atoms with Crippen molar-refractivity contribution in [2.24, 2.45) is 0 Å². The molecule has 3 amide bonds. The highest BCUT2D eigenvalue weighted by Gasteiger charge is 2.24. The zero-order valence-electron chi connectivity index (χ0n) is 13.6. The fourth-order valence-corrected chi connectivity index (χ4v) is 2.47. The maximum Gasteiger partial charge on any atom is 0.409 e. The van der Waals surface area contributed by atoms with Crippen LogP contribution in [0.25, 0.3) is 0 Å². The predicted octanol–water partition coefficient (Wildman–Crippen LogP) is 1.33. The molecule has 0 radical (unpaired) electrons. The Kier molecular flexibility index (Phi) is 6.08. The summed E-state index contributed by atoms with van der Waals surface area (Å²) in [4.78, 5) is 26.8. The molecule has 0 spiro atoms. The van der Waals surface area contributed by atoms with Crippen LogP contribution in [0, 0.1) is 0 Å². The lowest BCUT2D eigenvalue weighted by Crippen LogP contribution is -2.53. The van der Waals surface area contributed by atoms with E-state index >= 15 is 0 Å². The second-order valence-electron chi connectivity index (χ2n) is 5.28. The number of amides is 3. The van der Waals surface area contributed by atoms with Crippen LogP contribution in [-0.4, -0.2) is 68.9 Å². The molecule has 1 fully saturated rings. The van der Waals surface area contributed by atoms with E-state index in [0.717, 1.165) is 17.7 Å². The van der Waals surface area contributed by atoms with Crippen LogP contribution in [0.5, 0.6) is 5.75 Å². The number of carbonyl (C=O) groups excluding carboxylic acids is 2. The number of benzene rings is 1. The number of piperazine rings is 1. The topological polar surface area (TPSA) is 71.1 Å². The van der Waals surface area contributed by atoms with Crippen molar-refractivity contribution < 1.29 is 19.1 Å². The Morgan fingerprint density at radius 2 is 1.83 bits per heavy atom. The third kappa shape index (κ3) is 4.77. The summed E-state index contributed by atoms with van der Waals surface area (Å²) in [5.74, 6) is 0.813. The number of rotatable bonds is 4. The Hall–Kier alpha value is -2.44. The predicted molar refractivity (Wildman–Crippen MR) is 85.6 cm³/mol. The minimum absolute atomic E-state index is 0.0996. The van der Waals surface area contributed by atoms with Crippen LogP contribution >= 0.6 is 0 Å². The molecule has 1 aliphatic heterocycles. The fourth-order valence-electron chi connectivity index (χ4n) is 2.47. The number of ether oxygens (including phenoxy) is 2. The quantitative estimate of drug-likeness (QED) is 0.908. The van der Waals surface area contributed by atoms with Gasteiger partial charge in [0.25, 0.3) is 0 Å². The minimum Gasteiger partial charge on any atom is -0.497 e. The van der Waals surface area contributed by atoms with Gasteiger partial charge in [0.1, 0.15) is 5.75 Å². The molecule has 0 aliphatic carbocycles. The molecule has 0 unspecified atom stereocenters. The lowest BCUT2D eigenvalue weighted by Gasteiger charge is -2.33. The normalized spacial score (nSPS) is 14.3. The summed E-state index contributed by atoms with van der Waals surface area (Å²) in [6, 6.07) is 7.69. The van der Waals surface area contributed by atoms with Gasteiger partial charge in [-0.05, 0) is 24.1 Å². The van der Waals surface area contributed by atoms with Crippen LogP contribution in [0.2, 0.25) is 0 Å². The molecule has 0 atom stereocenters.